The zero-order valence-electron chi connectivity index (χ0n) is 19.8. The quantitative estimate of drug-likeness (QED) is 0.716. The number of urea groups is 1. The van der Waals surface area contributed by atoms with Gasteiger partial charge >= 0.3 is 12.2 Å². The van der Waals surface area contributed by atoms with Crippen LogP contribution in [0.15, 0.2) is 12.3 Å². The summed E-state index contributed by atoms with van der Waals surface area (Å²) < 4.78 is 41.0. The third-order valence-corrected chi connectivity index (χ3v) is 8.92. The Kier molecular flexibility index (Phi) is 4.35. The SMILES string of the molecule is Cn1ncc(C(F)(F)F)c1CN1CC2(C1)CN(C(=O)N1CC3(CC(c4cc(C5CC5)n[nH]4)C3)C1)C2. The highest BCUT2D eigenvalue weighted by Crippen LogP contribution is 2.56. The number of aromatic amines is 1. The van der Waals surface area contributed by atoms with E-state index in [1.54, 1.807) is 7.05 Å². The Balaban J connectivity index is 0.865. The Labute approximate surface area is 201 Å². The fourth-order valence-corrected chi connectivity index (χ4v) is 6.92. The second-order valence-electron chi connectivity index (χ2n) is 11.9. The number of H-pyrrole nitrogens is 1. The average molecular weight is 490 g/mol. The molecular weight excluding hydrogens is 459 g/mol. The molecule has 7 rings (SSSR count). The van der Waals surface area contributed by atoms with Gasteiger partial charge in [0, 0.05) is 81.2 Å². The summed E-state index contributed by atoms with van der Waals surface area (Å²) in [5.41, 5.74) is 2.33. The van der Waals surface area contributed by atoms with Gasteiger partial charge in [0.2, 0.25) is 0 Å². The normalized spacial score (nSPS) is 25.4. The summed E-state index contributed by atoms with van der Waals surface area (Å²) in [4.78, 5) is 18.8. The van der Waals surface area contributed by atoms with E-state index in [9.17, 15) is 18.0 Å². The van der Waals surface area contributed by atoms with E-state index in [0.717, 1.165) is 45.2 Å². The van der Waals surface area contributed by atoms with Gasteiger partial charge in [-0.15, -0.1) is 0 Å². The number of likely N-dealkylation sites (tertiary alicyclic amines) is 3. The number of amides is 2. The maximum atomic E-state index is 13.2. The number of aromatic nitrogens is 4. The Hall–Kier alpha value is -2.56. The molecule has 2 aromatic rings. The van der Waals surface area contributed by atoms with Crippen LogP contribution in [0.5, 0.6) is 0 Å². The predicted octanol–water partition coefficient (Wildman–Crippen LogP) is 3.16. The van der Waals surface area contributed by atoms with E-state index in [2.05, 4.69) is 21.4 Å². The van der Waals surface area contributed by atoms with Crippen LogP contribution in [-0.2, 0) is 19.8 Å². The average Bonchev–Trinajstić information content (AvgIpc) is 3.29. The van der Waals surface area contributed by atoms with Crippen molar-refractivity contribution in [2.75, 3.05) is 39.3 Å². The molecule has 2 aliphatic carbocycles. The van der Waals surface area contributed by atoms with Crippen LogP contribution in [0.1, 0.15) is 60.2 Å². The number of nitrogens with zero attached hydrogens (tertiary/aromatic N) is 6. The minimum Gasteiger partial charge on any atom is -0.323 e. The summed E-state index contributed by atoms with van der Waals surface area (Å²) in [7, 11) is 1.55. The van der Waals surface area contributed by atoms with Crippen molar-refractivity contribution in [1.82, 2.24) is 34.7 Å². The van der Waals surface area contributed by atoms with E-state index in [-0.39, 0.29) is 29.1 Å². The minimum absolute atomic E-state index is 0.0383. The smallest absolute Gasteiger partial charge is 0.323 e. The minimum atomic E-state index is -4.39. The molecule has 3 saturated heterocycles. The van der Waals surface area contributed by atoms with Gasteiger partial charge in [0.25, 0.3) is 0 Å². The highest BCUT2D eigenvalue weighted by molar-refractivity contribution is 5.77. The fraction of sp³-hybridized carbons (Fsp3) is 0.708. The van der Waals surface area contributed by atoms with Crippen molar-refractivity contribution in [3.05, 3.63) is 34.9 Å². The van der Waals surface area contributed by atoms with E-state index < -0.39 is 11.7 Å². The second-order valence-corrected chi connectivity index (χ2v) is 11.9. The molecule has 8 nitrogen and oxygen atoms in total. The molecule has 5 fully saturated rings. The summed E-state index contributed by atoms with van der Waals surface area (Å²) in [6, 6.07) is 2.36. The predicted molar refractivity (Wildman–Crippen MR) is 119 cm³/mol. The summed E-state index contributed by atoms with van der Waals surface area (Å²) in [6.07, 6.45) is 1.27. The van der Waals surface area contributed by atoms with Crippen molar-refractivity contribution < 1.29 is 18.0 Å². The van der Waals surface area contributed by atoms with E-state index >= 15 is 0 Å². The van der Waals surface area contributed by atoms with E-state index in [1.807, 2.05) is 14.7 Å². The van der Waals surface area contributed by atoms with Crippen LogP contribution in [0.2, 0.25) is 0 Å². The summed E-state index contributed by atoms with van der Waals surface area (Å²) in [5.74, 6) is 1.21. The lowest BCUT2D eigenvalue weighted by Gasteiger charge is -2.63. The number of nitrogens with one attached hydrogen (secondary N) is 1. The molecule has 5 aliphatic rings. The summed E-state index contributed by atoms with van der Waals surface area (Å²) >= 11 is 0. The van der Waals surface area contributed by atoms with Crippen LogP contribution < -0.4 is 0 Å². The number of hydrogen-bond acceptors (Lipinski definition) is 4. The van der Waals surface area contributed by atoms with Crippen molar-refractivity contribution in [3.63, 3.8) is 0 Å². The lowest BCUT2D eigenvalue weighted by Crippen LogP contribution is -2.75. The molecule has 2 aromatic heterocycles. The maximum Gasteiger partial charge on any atom is 0.419 e. The zero-order chi connectivity index (χ0) is 24.2. The maximum absolute atomic E-state index is 13.2. The molecule has 11 heteroatoms. The lowest BCUT2D eigenvalue weighted by molar-refractivity contribution is -0.140. The Bertz CT molecular complexity index is 1150. The largest absolute Gasteiger partial charge is 0.419 e. The number of hydrogen-bond donors (Lipinski definition) is 1. The third-order valence-electron chi connectivity index (χ3n) is 8.92. The zero-order valence-corrected chi connectivity index (χ0v) is 19.8. The third kappa shape index (κ3) is 3.48. The van der Waals surface area contributed by atoms with Gasteiger partial charge in [-0.3, -0.25) is 14.7 Å². The standard InChI is InChI=1S/C24H30F3N7O/c1-31-20(17(7-28-31)24(25,26)27)8-32-9-23(10-32)13-34(14-23)21(35)33-11-22(12-33)5-16(6-22)19-4-18(29-30-19)15-2-3-15/h4,7,15-16H,2-3,5-6,8-14H2,1H3,(H,29,30). The van der Waals surface area contributed by atoms with Gasteiger partial charge < -0.3 is 9.80 Å². The molecule has 3 aliphatic heterocycles. The number of carbonyl (C=O) groups is 1. The summed E-state index contributed by atoms with van der Waals surface area (Å²) in [6.45, 7) is 4.74. The van der Waals surface area contributed by atoms with Crippen molar-refractivity contribution in [2.24, 2.45) is 17.9 Å². The molecule has 35 heavy (non-hydrogen) atoms. The molecular formula is C24H30F3N7O. The van der Waals surface area contributed by atoms with Crippen LogP contribution in [0.4, 0.5) is 18.0 Å². The molecule has 2 amide bonds. The molecule has 188 valence electrons. The molecule has 0 unspecified atom stereocenters. The van der Waals surface area contributed by atoms with Gasteiger partial charge in [-0.05, 0) is 31.7 Å². The Morgan fingerprint density at radius 1 is 1.06 bits per heavy atom. The molecule has 0 radical (unpaired) electrons. The highest BCUT2D eigenvalue weighted by Gasteiger charge is 2.58. The first-order valence-corrected chi connectivity index (χ1v) is 12.5. The molecule has 2 saturated carbocycles. The lowest BCUT2D eigenvalue weighted by atomic mass is 9.57. The van der Waals surface area contributed by atoms with Crippen LogP contribution >= 0.6 is 0 Å². The number of halogens is 3. The van der Waals surface area contributed by atoms with Crippen molar-refractivity contribution >= 4 is 6.03 Å². The van der Waals surface area contributed by atoms with Gasteiger partial charge in [0.15, 0.2) is 0 Å². The van der Waals surface area contributed by atoms with Gasteiger partial charge in [-0.2, -0.15) is 23.4 Å². The van der Waals surface area contributed by atoms with Gasteiger partial charge in [-0.25, -0.2) is 4.79 Å². The van der Waals surface area contributed by atoms with E-state index in [4.69, 9.17) is 0 Å². The molecule has 0 aromatic carbocycles. The monoisotopic (exact) mass is 489 g/mol. The molecule has 0 atom stereocenters. The number of aryl methyl sites for hydroxylation is 1. The first-order valence-electron chi connectivity index (χ1n) is 12.5. The number of rotatable bonds is 4. The van der Waals surface area contributed by atoms with Crippen LogP contribution in [0.3, 0.4) is 0 Å². The van der Waals surface area contributed by atoms with Gasteiger partial charge in [-0.1, -0.05) is 0 Å². The summed E-state index contributed by atoms with van der Waals surface area (Å²) in [5, 5.41) is 11.5. The first kappa shape index (κ1) is 21.7. The van der Waals surface area contributed by atoms with Crippen molar-refractivity contribution in [1.29, 1.82) is 0 Å². The van der Waals surface area contributed by atoms with E-state index in [1.165, 1.54) is 28.9 Å². The molecule has 2 spiro atoms. The topological polar surface area (TPSA) is 73.3 Å². The fourth-order valence-electron chi connectivity index (χ4n) is 6.92. The van der Waals surface area contributed by atoms with Crippen molar-refractivity contribution in [2.45, 2.75) is 50.2 Å². The van der Waals surface area contributed by atoms with Crippen LogP contribution in [-0.4, -0.2) is 80.0 Å². The molecule has 5 heterocycles. The van der Waals surface area contributed by atoms with Crippen LogP contribution in [0.25, 0.3) is 0 Å². The van der Waals surface area contributed by atoms with E-state index in [0.29, 0.717) is 24.9 Å². The number of alkyl halides is 3. The Morgan fingerprint density at radius 2 is 1.71 bits per heavy atom. The first-order chi connectivity index (χ1) is 16.6. The van der Waals surface area contributed by atoms with Gasteiger partial charge in [0.1, 0.15) is 0 Å². The highest BCUT2D eigenvalue weighted by atomic mass is 19.4. The van der Waals surface area contributed by atoms with Crippen LogP contribution in [0, 0.1) is 10.8 Å². The molecule has 0 bridgehead atoms. The Morgan fingerprint density at radius 3 is 2.34 bits per heavy atom. The van der Waals surface area contributed by atoms with Crippen molar-refractivity contribution in [3.8, 4) is 0 Å². The van der Waals surface area contributed by atoms with Gasteiger partial charge in [0.05, 0.1) is 23.1 Å². The second kappa shape index (κ2) is 7.02. The number of carbonyl (C=O) groups excluding carboxylic acids is 1. The molecule has 1 N–H and O–H groups in total.